The van der Waals surface area contributed by atoms with Gasteiger partial charge < -0.3 is 15.9 Å². The zero-order valence-corrected chi connectivity index (χ0v) is 16.8. The topological polar surface area (TPSA) is 95.1 Å². The summed E-state index contributed by atoms with van der Waals surface area (Å²) < 4.78 is 6.49. The zero-order chi connectivity index (χ0) is 19.9. The van der Waals surface area contributed by atoms with Crippen LogP contribution in [0.5, 0.6) is 5.75 Å². The number of benzene rings is 2. The molecule has 0 saturated carbocycles. The maximum Gasteiger partial charge on any atom is 0.230 e. The maximum atomic E-state index is 12.1. The summed E-state index contributed by atoms with van der Waals surface area (Å²) >= 11 is 7.23. The van der Waals surface area contributed by atoms with Gasteiger partial charge in [-0.25, -0.2) is 4.68 Å². The Morgan fingerprint density at radius 1 is 1.25 bits per heavy atom. The van der Waals surface area contributed by atoms with Crippen molar-refractivity contribution in [1.82, 2.24) is 20.2 Å². The van der Waals surface area contributed by atoms with Crippen LogP contribution in [-0.2, 0) is 11.2 Å². The number of nitrogen functional groups attached to an aromatic ring is 1. The number of nitrogens with zero attached hydrogens (tertiary/aromatic N) is 3. The van der Waals surface area contributed by atoms with Crippen LogP contribution in [0.1, 0.15) is 5.56 Å². The second-order valence-electron chi connectivity index (χ2n) is 5.92. The number of methoxy groups -OCH3 is 1. The van der Waals surface area contributed by atoms with E-state index in [-0.39, 0.29) is 11.7 Å². The van der Waals surface area contributed by atoms with E-state index in [0.717, 1.165) is 23.3 Å². The average molecular weight is 418 g/mol. The lowest BCUT2D eigenvalue weighted by molar-refractivity contribution is -0.118. The summed E-state index contributed by atoms with van der Waals surface area (Å²) in [5.41, 5.74) is 1.89. The normalized spacial score (nSPS) is 10.6. The number of carbonyl (C=O) groups excluding carboxylic acids is 1. The van der Waals surface area contributed by atoms with Crippen LogP contribution in [0.15, 0.2) is 53.7 Å². The van der Waals surface area contributed by atoms with Crippen molar-refractivity contribution in [3.05, 3.63) is 59.1 Å². The molecule has 0 fully saturated rings. The van der Waals surface area contributed by atoms with Crippen molar-refractivity contribution < 1.29 is 9.53 Å². The molecule has 0 aliphatic rings. The molecule has 0 spiro atoms. The first-order chi connectivity index (χ1) is 13.6. The summed E-state index contributed by atoms with van der Waals surface area (Å²) in [7, 11) is 1.63. The number of rotatable bonds is 8. The third kappa shape index (κ3) is 5.17. The van der Waals surface area contributed by atoms with Gasteiger partial charge in [-0.3, -0.25) is 4.79 Å². The average Bonchev–Trinajstić information content (AvgIpc) is 3.07. The van der Waals surface area contributed by atoms with Gasteiger partial charge in [-0.15, -0.1) is 10.2 Å². The van der Waals surface area contributed by atoms with Crippen LogP contribution in [-0.4, -0.2) is 40.2 Å². The van der Waals surface area contributed by atoms with Crippen LogP contribution in [0.2, 0.25) is 5.02 Å². The number of nitrogens with two attached hydrogens (primary N) is 1. The van der Waals surface area contributed by atoms with Gasteiger partial charge in [0, 0.05) is 17.1 Å². The molecule has 7 nitrogen and oxygen atoms in total. The summed E-state index contributed by atoms with van der Waals surface area (Å²) in [4.78, 5) is 12.1. The van der Waals surface area contributed by atoms with Gasteiger partial charge in [0.25, 0.3) is 0 Å². The molecule has 28 heavy (non-hydrogen) atoms. The number of aromatic nitrogens is 3. The predicted octanol–water partition coefficient (Wildman–Crippen LogP) is 2.77. The molecule has 0 aliphatic carbocycles. The molecule has 3 rings (SSSR count). The number of amides is 1. The standard InChI is InChI=1S/C19H20ClN5O2S/c1-27-16-7-5-13(6-8-16)9-10-22-17(26)12-28-19-24-23-18(25(19)21)14-3-2-4-15(20)11-14/h2-8,11H,9-10,12,21H2,1H3,(H,22,26). The first-order valence-corrected chi connectivity index (χ1v) is 9.92. The van der Waals surface area contributed by atoms with Crippen molar-refractivity contribution in [3.8, 4) is 17.1 Å². The summed E-state index contributed by atoms with van der Waals surface area (Å²) in [5, 5.41) is 12.1. The first kappa shape index (κ1) is 20.0. The van der Waals surface area contributed by atoms with Crippen LogP contribution in [0.25, 0.3) is 11.4 Å². The molecule has 0 atom stereocenters. The van der Waals surface area contributed by atoms with E-state index >= 15 is 0 Å². The fourth-order valence-corrected chi connectivity index (χ4v) is 3.40. The number of halogens is 1. The number of thioether (sulfide) groups is 1. The van der Waals surface area contributed by atoms with E-state index in [2.05, 4.69) is 15.5 Å². The number of ether oxygens (including phenoxy) is 1. The fourth-order valence-electron chi connectivity index (χ4n) is 2.52. The van der Waals surface area contributed by atoms with Crippen molar-refractivity contribution in [3.63, 3.8) is 0 Å². The molecule has 9 heteroatoms. The van der Waals surface area contributed by atoms with Crippen LogP contribution < -0.4 is 15.9 Å². The van der Waals surface area contributed by atoms with Gasteiger partial charge in [0.05, 0.1) is 12.9 Å². The highest BCUT2D eigenvalue weighted by atomic mass is 35.5. The minimum atomic E-state index is -0.0918. The SMILES string of the molecule is COc1ccc(CCNC(=O)CSc2nnc(-c3cccc(Cl)c3)n2N)cc1. The molecule has 0 saturated heterocycles. The van der Waals surface area contributed by atoms with E-state index in [1.54, 1.807) is 19.2 Å². The van der Waals surface area contributed by atoms with Crippen molar-refractivity contribution in [2.75, 3.05) is 25.3 Å². The van der Waals surface area contributed by atoms with Gasteiger partial charge in [0.2, 0.25) is 11.1 Å². The maximum absolute atomic E-state index is 12.1. The number of nitrogens with one attached hydrogen (secondary N) is 1. The van der Waals surface area contributed by atoms with Crippen molar-refractivity contribution in [1.29, 1.82) is 0 Å². The lowest BCUT2D eigenvalue weighted by Crippen LogP contribution is -2.27. The van der Waals surface area contributed by atoms with Gasteiger partial charge in [0.15, 0.2) is 5.82 Å². The monoisotopic (exact) mass is 417 g/mol. The van der Waals surface area contributed by atoms with Crippen LogP contribution in [0.3, 0.4) is 0 Å². The molecule has 0 unspecified atom stereocenters. The van der Waals surface area contributed by atoms with Crippen LogP contribution in [0, 0.1) is 0 Å². The van der Waals surface area contributed by atoms with Gasteiger partial charge in [0.1, 0.15) is 5.75 Å². The smallest absolute Gasteiger partial charge is 0.230 e. The van der Waals surface area contributed by atoms with E-state index in [9.17, 15) is 4.79 Å². The molecule has 1 aromatic heterocycles. The van der Waals surface area contributed by atoms with E-state index in [4.69, 9.17) is 22.2 Å². The Morgan fingerprint density at radius 3 is 2.75 bits per heavy atom. The molecular weight excluding hydrogens is 398 g/mol. The van der Waals surface area contributed by atoms with Crippen molar-refractivity contribution >= 4 is 29.3 Å². The number of hydrogen-bond donors (Lipinski definition) is 2. The summed E-state index contributed by atoms with van der Waals surface area (Å²) in [6.45, 7) is 0.550. The molecular formula is C19H20ClN5O2S. The lowest BCUT2D eigenvalue weighted by atomic mass is 10.1. The predicted molar refractivity (Wildman–Crippen MR) is 111 cm³/mol. The summed E-state index contributed by atoms with van der Waals surface area (Å²) in [5.74, 6) is 7.47. The molecule has 3 aromatic rings. The molecule has 2 aromatic carbocycles. The van der Waals surface area contributed by atoms with E-state index < -0.39 is 0 Å². The second-order valence-corrected chi connectivity index (χ2v) is 7.30. The van der Waals surface area contributed by atoms with Crippen LogP contribution >= 0.6 is 23.4 Å². The van der Waals surface area contributed by atoms with Gasteiger partial charge >= 0.3 is 0 Å². The third-order valence-corrected chi connectivity index (χ3v) is 5.15. The minimum Gasteiger partial charge on any atom is -0.497 e. The Kier molecular flexibility index (Phi) is 6.78. The third-order valence-electron chi connectivity index (χ3n) is 3.97. The lowest BCUT2D eigenvalue weighted by Gasteiger charge is -2.06. The van der Waals surface area contributed by atoms with E-state index in [0.29, 0.717) is 22.5 Å². The highest BCUT2D eigenvalue weighted by Crippen LogP contribution is 2.23. The quantitative estimate of drug-likeness (QED) is 0.432. The molecule has 0 radical (unpaired) electrons. The molecule has 1 amide bonds. The van der Waals surface area contributed by atoms with Gasteiger partial charge in [-0.2, -0.15) is 0 Å². The molecule has 0 bridgehead atoms. The second kappa shape index (κ2) is 9.48. The Labute approximate surface area is 172 Å². The minimum absolute atomic E-state index is 0.0918. The molecule has 3 N–H and O–H groups in total. The van der Waals surface area contributed by atoms with E-state index in [1.807, 2.05) is 36.4 Å². The Hall–Kier alpha value is -2.71. The molecule has 0 aliphatic heterocycles. The van der Waals surface area contributed by atoms with E-state index in [1.165, 1.54) is 16.4 Å². The van der Waals surface area contributed by atoms with Crippen LogP contribution in [0.4, 0.5) is 0 Å². The van der Waals surface area contributed by atoms with Gasteiger partial charge in [-0.1, -0.05) is 47.6 Å². The summed E-state index contributed by atoms with van der Waals surface area (Å²) in [6.07, 6.45) is 0.742. The largest absolute Gasteiger partial charge is 0.497 e. The Bertz CT molecular complexity index is 946. The number of carbonyl (C=O) groups is 1. The highest BCUT2D eigenvalue weighted by molar-refractivity contribution is 7.99. The Balaban J connectivity index is 1.48. The summed E-state index contributed by atoms with van der Waals surface area (Å²) in [6, 6.07) is 15.0. The molecule has 1 heterocycles. The first-order valence-electron chi connectivity index (χ1n) is 8.55. The Morgan fingerprint density at radius 2 is 2.04 bits per heavy atom. The van der Waals surface area contributed by atoms with Gasteiger partial charge in [-0.05, 0) is 36.2 Å². The molecule has 146 valence electrons. The van der Waals surface area contributed by atoms with Crippen molar-refractivity contribution in [2.45, 2.75) is 11.6 Å². The van der Waals surface area contributed by atoms with Crippen molar-refractivity contribution in [2.24, 2.45) is 0 Å². The number of hydrogen-bond acceptors (Lipinski definition) is 6. The highest BCUT2D eigenvalue weighted by Gasteiger charge is 2.14. The fraction of sp³-hybridized carbons (Fsp3) is 0.211. The zero-order valence-electron chi connectivity index (χ0n) is 15.3.